The van der Waals surface area contributed by atoms with Gasteiger partial charge in [0.1, 0.15) is 75.4 Å². The van der Waals surface area contributed by atoms with Crippen LogP contribution in [-0.4, -0.2) is 374 Å². The standard InChI is InChI=1S/C87H139N8O40P/c1-18-19-29-125-136(82(50(2)3)51(4)5)135-65-22-20-64(21-23-65)83(111)94-66(24-25-70(108)88-26-30-113-33-36-116-39-42-119-85-73(91-52(6)96)79(129-61(15)105)76(126-58(12)102)67(132-85)47-122-55(9)99)84(112)95(45-71(109)89-27-31-114-34-37-117-40-43-120-86-74(92-53(7)97)80(130-62(16)106)77(127-59(13)103)68(133-86)48-123-56(10)100)46-72(110)90-28-32-115-35-38-118-41-44-121-87-75(93-54(8)98)81(131-63(17)107)78(128-60(14)104)69(134-87)49-124-57(11)101/h1,50-51,64-69,73-82,85-87H,19-49H2,2-17H3,(H,88,108)(H,89,109)(H,90,110)(H,91,96)(H,92,97)(H,93,98)(H,94,111). The number of carbonyl (C=O) groups excluding carboxylic acids is 17. The van der Waals surface area contributed by atoms with E-state index in [1.165, 1.54) is 20.8 Å². The molecule has 0 aromatic heterocycles. The molecule has 0 aromatic rings. The number of terminal acetylenes is 1. The van der Waals surface area contributed by atoms with E-state index in [0.717, 1.165) is 67.2 Å². The van der Waals surface area contributed by atoms with Crippen LogP contribution in [0, 0.1) is 30.1 Å². The highest BCUT2D eigenvalue weighted by Gasteiger charge is 2.55. The molecule has 8 amide bonds. The van der Waals surface area contributed by atoms with E-state index in [0.29, 0.717) is 38.7 Å². The maximum atomic E-state index is 15.2. The molecule has 3 aliphatic heterocycles. The molecule has 0 spiro atoms. The zero-order chi connectivity index (χ0) is 101. The molecule has 0 aromatic carbocycles. The highest BCUT2D eigenvalue weighted by atomic mass is 31.2. The summed E-state index contributed by atoms with van der Waals surface area (Å²) in [6, 6.07) is -5.17. The molecule has 0 bridgehead atoms. The van der Waals surface area contributed by atoms with Gasteiger partial charge in [-0.15, -0.1) is 12.3 Å². The molecule has 17 atom stereocenters. The summed E-state index contributed by atoms with van der Waals surface area (Å²) in [5, 5.41) is 18.7. The maximum absolute atomic E-state index is 15.2. The molecule has 4 fully saturated rings. The van der Waals surface area contributed by atoms with E-state index >= 15 is 4.79 Å². The molecular formula is C87H139N8O40P. The maximum Gasteiger partial charge on any atom is 0.303 e. The van der Waals surface area contributed by atoms with Gasteiger partial charge < -0.3 is 151 Å². The van der Waals surface area contributed by atoms with Gasteiger partial charge in [0, 0.05) is 127 Å². The largest absolute Gasteiger partial charge is 0.463 e. The Kier molecular flexibility index (Phi) is 57.0. The van der Waals surface area contributed by atoms with Gasteiger partial charge >= 0.3 is 53.7 Å². The third-order valence-corrected chi connectivity index (χ3v) is 22.8. The van der Waals surface area contributed by atoms with Gasteiger partial charge in [-0.2, -0.15) is 0 Å². The van der Waals surface area contributed by atoms with E-state index in [1.807, 2.05) is 0 Å². The van der Waals surface area contributed by atoms with Crippen molar-refractivity contribution in [3.63, 3.8) is 0 Å². The van der Waals surface area contributed by atoms with Gasteiger partial charge in [0.15, 0.2) is 63.9 Å². The Balaban J connectivity index is 1.49. The van der Waals surface area contributed by atoms with Crippen LogP contribution in [0.3, 0.4) is 0 Å². The van der Waals surface area contributed by atoms with Crippen molar-refractivity contribution in [2.75, 3.05) is 158 Å². The summed E-state index contributed by atoms with van der Waals surface area (Å²) in [6.45, 7) is 18.0. The van der Waals surface area contributed by atoms with Gasteiger partial charge in [-0.25, -0.2) is 0 Å². The van der Waals surface area contributed by atoms with Crippen LogP contribution in [0.1, 0.15) is 156 Å². The molecule has 3 saturated heterocycles. The Morgan fingerprint density at radius 3 is 1.00 bits per heavy atom. The van der Waals surface area contributed by atoms with Gasteiger partial charge in [0.25, 0.3) is 0 Å². The number of ether oxygens (including phenoxy) is 21. The molecule has 1 aliphatic carbocycles. The minimum atomic E-state index is -1.51. The number of hydrogen-bond acceptors (Lipinski definition) is 40. The number of carbonyl (C=O) groups is 17. The van der Waals surface area contributed by atoms with Crippen LogP contribution in [0.2, 0.25) is 0 Å². The molecule has 48 nitrogen and oxygen atoms in total. The smallest absolute Gasteiger partial charge is 0.303 e. The second kappa shape index (κ2) is 65.3. The molecule has 49 heteroatoms. The number of nitrogens with zero attached hydrogens (tertiary/aromatic N) is 1. The molecule has 0 radical (unpaired) electrons. The highest BCUT2D eigenvalue weighted by molar-refractivity contribution is 7.48. The number of nitrogens with one attached hydrogen (secondary N) is 7. The van der Waals surface area contributed by atoms with Crippen molar-refractivity contribution in [2.45, 2.75) is 265 Å². The lowest BCUT2D eigenvalue weighted by atomic mass is 9.86. The Labute approximate surface area is 792 Å². The summed E-state index contributed by atoms with van der Waals surface area (Å²) in [4.78, 5) is 219. The highest BCUT2D eigenvalue weighted by Crippen LogP contribution is 2.53. The number of esters is 9. The molecule has 3 heterocycles. The normalized spacial score (nSPS) is 23.4. The Hall–Kier alpha value is -9.58. The topological polar surface area (TPSA) is 590 Å². The first kappa shape index (κ1) is 119. The Morgan fingerprint density at radius 2 is 0.699 bits per heavy atom. The van der Waals surface area contributed by atoms with Crippen molar-refractivity contribution in [2.24, 2.45) is 17.8 Å². The quantitative estimate of drug-likeness (QED) is 0.0128. The molecule has 7 N–H and O–H groups in total. The lowest BCUT2D eigenvalue weighted by molar-refractivity contribution is -0.279. The molecule has 136 heavy (non-hydrogen) atoms. The van der Waals surface area contributed by atoms with E-state index < -0.39 is 246 Å². The van der Waals surface area contributed by atoms with Crippen LogP contribution in [0.25, 0.3) is 0 Å². The van der Waals surface area contributed by atoms with Crippen LogP contribution in [0.5, 0.6) is 0 Å². The fourth-order valence-electron chi connectivity index (χ4n) is 14.7. The van der Waals surface area contributed by atoms with Crippen LogP contribution in [-0.2, 0) is 190 Å². The predicted molar refractivity (Wildman–Crippen MR) is 468 cm³/mol. The van der Waals surface area contributed by atoms with Crippen molar-refractivity contribution in [1.82, 2.24) is 42.1 Å². The van der Waals surface area contributed by atoms with E-state index in [4.69, 9.17) is 115 Å². The number of rotatable bonds is 63. The predicted octanol–water partition coefficient (Wildman–Crippen LogP) is -0.846. The fourth-order valence-corrected chi connectivity index (χ4v) is 16.9. The van der Waals surface area contributed by atoms with Gasteiger partial charge in [-0.3, -0.25) is 81.5 Å². The first-order valence-corrected chi connectivity index (χ1v) is 46.3. The lowest BCUT2D eigenvalue weighted by Gasteiger charge is -2.44. The van der Waals surface area contributed by atoms with E-state index in [1.54, 1.807) is 0 Å². The molecule has 772 valence electrons. The molecular weight excluding hydrogens is 1830 g/mol. The van der Waals surface area contributed by atoms with Crippen LogP contribution in [0.15, 0.2) is 0 Å². The second-order valence-electron chi connectivity index (χ2n) is 32.4. The minimum absolute atomic E-state index is 0.00966. The summed E-state index contributed by atoms with van der Waals surface area (Å²) in [6.07, 6.45) is -9.22. The summed E-state index contributed by atoms with van der Waals surface area (Å²) < 4.78 is 131. The lowest BCUT2D eigenvalue weighted by Crippen LogP contribution is -2.66. The molecule has 4 rings (SSSR count). The number of hydrogen-bond donors (Lipinski definition) is 7. The summed E-state index contributed by atoms with van der Waals surface area (Å²) in [5.41, 5.74) is 0.0659. The van der Waals surface area contributed by atoms with Crippen molar-refractivity contribution in [3.05, 3.63) is 0 Å². The third-order valence-electron chi connectivity index (χ3n) is 20.2. The molecule has 1 saturated carbocycles. The van der Waals surface area contributed by atoms with Crippen molar-refractivity contribution < 1.29 is 190 Å². The van der Waals surface area contributed by atoms with Crippen LogP contribution in [0.4, 0.5) is 0 Å². The summed E-state index contributed by atoms with van der Waals surface area (Å²) in [5.74, 6) is -9.77. The second-order valence-corrected chi connectivity index (χ2v) is 34.1. The van der Waals surface area contributed by atoms with Gasteiger partial charge in [-0.05, 0) is 43.9 Å². The van der Waals surface area contributed by atoms with E-state index in [9.17, 15) is 76.7 Å². The van der Waals surface area contributed by atoms with Crippen LogP contribution >= 0.6 is 8.38 Å². The van der Waals surface area contributed by atoms with Crippen molar-refractivity contribution in [1.29, 1.82) is 0 Å². The van der Waals surface area contributed by atoms with Gasteiger partial charge in [0.2, 0.25) is 47.3 Å². The average molecular weight is 1970 g/mol. The minimum Gasteiger partial charge on any atom is -0.463 e. The monoisotopic (exact) mass is 1970 g/mol. The fraction of sp³-hybridized carbons (Fsp3) is 0.782. The Bertz CT molecular complexity index is 3700. The van der Waals surface area contributed by atoms with E-state index in [-0.39, 0.29) is 155 Å². The Morgan fingerprint density at radius 1 is 0.390 bits per heavy atom. The molecule has 17 unspecified atom stereocenters. The first-order valence-electron chi connectivity index (χ1n) is 45.0. The summed E-state index contributed by atoms with van der Waals surface area (Å²) in [7, 11) is -1.41. The SMILES string of the molecule is C#CCCOP(OC1CCC(C(=O)NC(CCC(=O)NCCOCCOCCOC2OC(COC(C)=O)C(OC(C)=O)C(OC(C)=O)C2NC(C)=O)C(=O)N(CC(=O)NCCOCCOCCOC2OC(COC(C)=O)C(OC(C)=O)C(OC(C)=O)C2NC(C)=O)CC(=O)NCCOCCOCCOC2OC(COC(C)=O)C(OC(C)=O)C(OC(C)=O)C2NC(C)=O)CC1)C(C(C)C)C(C)C. The van der Waals surface area contributed by atoms with Crippen molar-refractivity contribution >= 4 is 109 Å². The zero-order valence-corrected chi connectivity index (χ0v) is 81.2. The van der Waals surface area contributed by atoms with Crippen LogP contribution < -0.4 is 37.2 Å². The molecule has 4 aliphatic rings. The van der Waals surface area contributed by atoms with E-state index in [2.05, 4.69) is 70.8 Å². The van der Waals surface area contributed by atoms with Gasteiger partial charge in [0.05, 0.1) is 112 Å². The third kappa shape index (κ3) is 47.2. The summed E-state index contributed by atoms with van der Waals surface area (Å²) >= 11 is 0. The average Bonchev–Trinajstić information content (AvgIpc) is 0.793. The van der Waals surface area contributed by atoms with Gasteiger partial charge in [-0.1, -0.05) is 27.7 Å². The zero-order valence-electron chi connectivity index (χ0n) is 80.3. The first-order chi connectivity index (χ1) is 64.6. The number of amides is 8. The van der Waals surface area contributed by atoms with Crippen molar-refractivity contribution in [3.8, 4) is 12.3 Å².